The van der Waals surface area contributed by atoms with E-state index in [0.29, 0.717) is 0 Å². The third-order valence-corrected chi connectivity index (χ3v) is 14.9. The topological polar surface area (TPSA) is 24.7 Å². The Hall–Kier alpha value is -2.22. The highest BCUT2D eigenvalue weighted by molar-refractivity contribution is 6.43. The van der Waals surface area contributed by atoms with Gasteiger partial charge in [-0.2, -0.15) is 0 Å². The fourth-order valence-electron chi connectivity index (χ4n) is 10.2. The molecule has 0 fully saturated rings. The number of hydrogen-bond acceptors (Lipinski definition) is 2. The van der Waals surface area contributed by atoms with E-state index in [-0.39, 0.29) is 0 Å². The van der Waals surface area contributed by atoms with Crippen LogP contribution < -0.4 is 0 Å². The van der Waals surface area contributed by atoms with Crippen LogP contribution in [0.4, 0.5) is 11.4 Å². The van der Waals surface area contributed by atoms with Crippen molar-refractivity contribution in [3.63, 3.8) is 0 Å². The lowest BCUT2D eigenvalue weighted by Crippen LogP contribution is -2.14. The van der Waals surface area contributed by atoms with Crippen molar-refractivity contribution in [1.29, 1.82) is 0 Å². The van der Waals surface area contributed by atoms with Crippen molar-refractivity contribution in [3.05, 3.63) is 59.7 Å². The summed E-state index contributed by atoms with van der Waals surface area (Å²) >= 11 is 0. The number of unbranched alkanes of at least 4 members (excludes halogenated alkanes) is 40. The molecular weight excluding hydrogens is 821 g/mol. The van der Waals surface area contributed by atoms with Gasteiger partial charge in [0.05, 0.1) is 22.8 Å². The molecule has 0 spiro atoms. The van der Waals surface area contributed by atoms with Crippen molar-refractivity contribution in [3.8, 4) is 0 Å². The van der Waals surface area contributed by atoms with Gasteiger partial charge in [0.2, 0.25) is 0 Å². The maximum atomic E-state index is 5.38. The first kappa shape index (κ1) is 61.9. The third-order valence-electron chi connectivity index (χ3n) is 14.9. The first-order valence-corrected chi connectivity index (χ1v) is 31.0. The van der Waals surface area contributed by atoms with Gasteiger partial charge < -0.3 is 0 Å². The van der Waals surface area contributed by atoms with Gasteiger partial charge >= 0.3 is 0 Å². The first-order chi connectivity index (χ1) is 33.7. The Morgan fingerprint density at radius 2 is 0.441 bits per heavy atom. The number of aryl methyl sites for hydroxylation is 2. The molecule has 2 aromatic carbocycles. The molecule has 0 amide bonds. The van der Waals surface area contributed by atoms with Crippen molar-refractivity contribution in [2.24, 2.45) is 9.98 Å². The molecule has 2 nitrogen and oxygen atoms in total. The summed E-state index contributed by atoms with van der Waals surface area (Å²) in [6.07, 6.45) is 66.0. The van der Waals surface area contributed by atoms with Gasteiger partial charge in [0.25, 0.3) is 0 Å². The molecule has 2 aromatic rings. The summed E-state index contributed by atoms with van der Waals surface area (Å²) in [5, 5.41) is 0. The van der Waals surface area contributed by atoms with Gasteiger partial charge in [-0.3, -0.25) is 9.98 Å². The largest absolute Gasteiger partial charge is 0.252 e. The van der Waals surface area contributed by atoms with E-state index in [2.05, 4.69) is 76.2 Å². The van der Waals surface area contributed by atoms with E-state index < -0.39 is 0 Å². The van der Waals surface area contributed by atoms with E-state index >= 15 is 0 Å². The number of aliphatic imine (C=N–C) groups is 2. The van der Waals surface area contributed by atoms with Gasteiger partial charge in [-0.15, -0.1) is 0 Å². The number of hydrogen-bond donors (Lipinski definition) is 0. The molecule has 0 aliphatic rings. The average molecular weight is 938 g/mol. The third kappa shape index (κ3) is 37.6. The minimum atomic E-state index is 1.00. The predicted octanol–water partition coefficient (Wildman–Crippen LogP) is 23.6. The lowest BCUT2D eigenvalue weighted by Gasteiger charge is -2.12. The highest BCUT2D eigenvalue weighted by Crippen LogP contribution is 2.23. The monoisotopic (exact) mass is 937 g/mol. The van der Waals surface area contributed by atoms with Crippen LogP contribution in [0.3, 0.4) is 0 Å². The highest BCUT2D eigenvalue weighted by atomic mass is 14.8. The van der Waals surface area contributed by atoms with Crippen molar-refractivity contribution in [2.45, 2.75) is 336 Å². The summed E-state index contributed by atoms with van der Waals surface area (Å²) in [7, 11) is 0. The Balaban J connectivity index is 1.74. The summed E-state index contributed by atoms with van der Waals surface area (Å²) in [5.74, 6) is 0. The van der Waals surface area contributed by atoms with Crippen molar-refractivity contribution >= 4 is 22.8 Å². The summed E-state index contributed by atoms with van der Waals surface area (Å²) in [5.41, 5.74) is 7.53. The standard InChI is InChI=1S/C66H116N2/c1-5-9-13-16-19-21-23-25-27-29-31-33-35-37-39-41-43-46-49-61-53-57-63(58-54-61)67-65(51-12-8-4)66(52-48-45-18-15-11-7-3)68-64-59-55-62(56-60-64)50-47-44-42-40-38-36-34-32-30-28-26-24-22-20-17-14-10-6-2/h53-60H,5-52H2,1-4H3. The first-order valence-electron chi connectivity index (χ1n) is 31.0. The molecular formula is C66H116N2. The Morgan fingerprint density at radius 3 is 0.691 bits per heavy atom. The lowest BCUT2D eigenvalue weighted by atomic mass is 10.0. The van der Waals surface area contributed by atoms with Crippen LogP contribution in [0, 0.1) is 0 Å². The van der Waals surface area contributed by atoms with Gasteiger partial charge in [-0.05, 0) is 86.8 Å². The van der Waals surface area contributed by atoms with Crippen LogP contribution in [0.15, 0.2) is 58.5 Å². The van der Waals surface area contributed by atoms with Crippen LogP contribution in [-0.4, -0.2) is 11.4 Å². The maximum absolute atomic E-state index is 5.38. The molecule has 68 heavy (non-hydrogen) atoms. The normalized spacial score (nSPS) is 12.2. The fourth-order valence-corrected chi connectivity index (χ4v) is 10.2. The van der Waals surface area contributed by atoms with Gasteiger partial charge in [0, 0.05) is 0 Å². The van der Waals surface area contributed by atoms with Crippen molar-refractivity contribution in [1.82, 2.24) is 0 Å². The minimum Gasteiger partial charge on any atom is -0.252 e. The second-order valence-corrected chi connectivity index (χ2v) is 21.6. The molecule has 0 aromatic heterocycles. The number of benzene rings is 2. The molecule has 0 radical (unpaired) electrons. The summed E-state index contributed by atoms with van der Waals surface area (Å²) in [6, 6.07) is 18.5. The van der Waals surface area contributed by atoms with Gasteiger partial charge in [0.15, 0.2) is 0 Å². The second-order valence-electron chi connectivity index (χ2n) is 21.6. The van der Waals surface area contributed by atoms with E-state index in [1.807, 2.05) is 0 Å². The van der Waals surface area contributed by atoms with E-state index in [1.54, 1.807) is 0 Å². The molecule has 0 N–H and O–H groups in total. The zero-order valence-corrected chi connectivity index (χ0v) is 46.5. The van der Waals surface area contributed by atoms with Crippen molar-refractivity contribution < 1.29 is 0 Å². The molecule has 2 heteroatoms. The fraction of sp³-hybridized carbons (Fsp3) is 0.788. The molecule has 0 unspecified atom stereocenters. The molecule has 0 saturated heterocycles. The molecule has 2 rings (SSSR count). The Morgan fingerprint density at radius 1 is 0.235 bits per heavy atom. The lowest BCUT2D eigenvalue weighted by molar-refractivity contribution is 0.525. The Bertz CT molecular complexity index is 1390. The molecule has 0 saturated carbocycles. The zero-order valence-electron chi connectivity index (χ0n) is 46.5. The average Bonchev–Trinajstić information content (AvgIpc) is 3.36. The van der Waals surface area contributed by atoms with Crippen LogP contribution in [-0.2, 0) is 12.8 Å². The molecule has 0 heterocycles. The smallest absolute Gasteiger partial charge is 0.0633 e. The summed E-state index contributed by atoms with van der Waals surface area (Å²) < 4.78 is 0. The highest BCUT2D eigenvalue weighted by Gasteiger charge is 2.11. The number of rotatable bonds is 51. The molecule has 0 bridgehead atoms. The number of nitrogens with zero attached hydrogens (tertiary/aromatic N) is 2. The molecule has 0 atom stereocenters. The van der Waals surface area contributed by atoms with E-state index in [0.717, 1.165) is 30.6 Å². The van der Waals surface area contributed by atoms with Crippen molar-refractivity contribution in [2.75, 3.05) is 0 Å². The zero-order chi connectivity index (χ0) is 48.5. The molecule has 0 aliphatic carbocycles. The van der Waals surface area contributed by atoms with E-state index in [4.69, 9.17) is 9.98 Å². The summed E-state index contributed by atoms with van der Waals surface area (Å²) in [4.78, 5) is 10.7. The SMILES string of the molecule is CCCCCCCCCCCCCCCCCCCCc1ccc(N=C(CCCC)C(CCCCCCCC)=Nc2ccc(CCCCCCCCCCCCCCCCCCCC)cc2)cc1. The van der Waals surface area contributed by atoms with E-state index in [1.165, 1.54) is 311 Å². The van der Waals surface area contributed by atoms with Gasteiger partial charge in [0.1, 0.15) is 0 Å². The minimum absolute atomic E-state index is 1.00. The quantitative estimate of drug-likeness (QED) is 0.0466. The molecule has 0 aliphatic heterocycles. The maximum Gasteiger partial charge on any atom is 0.0633 e. The second kappa shape index (κ2) is 48.4. The Labute approximate surface area is 426 Å². The van der Waals surface area contributed by atoms with Gasteiger partial charge in [-0.1, -0.05) is 309 Å². The van der Waals surface area contributed by atoms with E-state index in [9.17, 15) is 0 Å². The van der Waals surface area contributed by atoms with Crippen LogP contribution in [0.1, 0.15) is 334 Å². The van der Waals surface area contributed by atoms with Crippen LogP contribution in [0.2, 0.25) is 0 Å². The predicted molar refractivity (Wildman–Crippen MR) is 310 cm³/mol. The Kier molecular flexibility index (Phi) is 44.1. The van der Waals surface area contributed by atoms with Crippen LogP contribution >= 0.6 is 0 Å². The van der Waals surface area contributed by atoms with Gasteiger partial charge in [-0.25, -0.2) is 0 Å². The molecule has 390 valence electrons. The van der Waals surface area contributed by atoms with Crippen LogP contribution in [0.5, 0.6) is 0 Å². The summed E-state index contributed by atoms with van der Waals surface area (Å²) in [6.45, 7) is 9.23. The van der Waals surface area contributed by atoms with Crippen LogP contribution in [0.25, 0.3) is 0 Å².